The third-order valence-corrected chi connectivity index (χ3v) is 6.92. The Hall–Kier alpha value is -2.91. The zero-order valence-corrected chi connectivity index (χ0v) is 18.1. The van der Waals surface area contributed by atoms with E-state index in [-0.39, 0.29) is 34.2 Å². The number of amides is 1. The van der Waals surface area contributed by atoms with E-state index in [1.807, 2.05) is 6.92 Å². The van der Waals surface area contributed by atoms with E-state index in [2.05, 4.69) is 5.32 Å². The standard InChI is InChI=1S/C21H21NO6S2/c1-3-27-21(24)19-16(17-5-4-11-28-17)13-29-20(19)22-18(23)10-12-30(25,26)15-8-6-14(2)7-9-15/h4-9,11,13H,3,10,12H2,1-2H3,(H,22,23). The van der Waals surface area contributed by atoms with Gasteiger partial charge in [0.15, 0.2) is 9.84 Å². The Kier molecular flexibility index (Phi) is 6.73. The quantitative estimate of drug-likeness (QED) is 0.517. The highest BCUT2D eigenvalue weighted by Gasteiger charge is 2.24. The normalized spacial score (nSPS) is 11.3. The topological polar surface area (TPSA) is 103 Å². The minimum atomic E-state index is -3.59. The molecule has 9 heteroatoms. The van der Waals surface area contributed by atoms with Crippen molar-refractivity contribution in [2.75, 3.05) is 17.7 Å². The summed E-state index contributed by atoms with van der Waals surface area (Å²) in [7, 11) is -3.59. The largest absolute Gasteiger partial charge is 0.464 e. The van der Waals surface area contributed by atoms with Crippen molar-refractivity contribution in [2.45, 2.75) is 25.2 Å². The van der Waals surface area contributed by atoms with Gasteiger partial charge in [-0.1, -0.05) is 17.7 Å². The molecule has 0 bridgehead atoms. The third-order valence-electron chi connectivity index (χ3n) is 4.29. The lowest BCUT2D eigenvalue weighted by atomic mass is 10.1. The van der Waals surface area contributed by atoms with Gasteiger partial charge in [0.05, 0.1) is 23.5 Å². The molecule has 0 unspecified atom stereocenters. The molecule has 30 heavy (non-hydrogen) atoms. The van der Waals surface area contributed by atoms with Gasteiger partial charge in [0.25, 0.3) is 0 Å². The van der Waals surface area contributed by atoms with Crippen LogP contribution in [0.15, 0.2) is 57.4 Å². The first-order chi connectivity index (χ1) is 14.3. The summed E-state index contributed by atoms with van der Waals surface area (Å²) in [6.45, 7) is 3.72. The molecule has 1 amide bonds. The molecule has 1 aromatic carbocycles. The van der Waals surface area contributed by atoms with Gasteiger partial charge in [-0.15, -0.1) is 11.3 Å². The van der Waals surface area contributed by atoms with E-state index in [0.717, 1.165) is 16.9 Å². The summed E-state index contributed by atoms with van der Waals surface area (Å²) in [5.41, 5.74) is 1.64. The van der Waals surface area contributed by atoms with Crippen molar-refractivity contribution in [2.24, 2.45) is 0 Å². The van der Waals surface area contributed by atoms with Crippen molar-refractivity contribution in [3.05, 3.63) is 59.2 Å². The number of furan rings is 1. The monoisotopic (exact) mass is 447 g/mol. The molecule has 0 atom stereocenters. The van der Waals surface area contributed by atoms with Crippen LogP contribution < -0.4 is 5.32 Å². The lowest BCUT2D eigenvalue weighted by Crippen LogP contribution is -2.18. The van der Waals surface area contributed by atoms with Crippen LogP contribution in [0.2, 0.25) is 0 Å². The molecular weight excluding hydrogens is 426 g/mol. The van der Waals surface area contributed by atoms with Crippen molar-refractivity contribution in [1.29, 1.82) is 0 Å². The van der Waals surface area contributed by atoms with E-state index in [1.165, 1.54) is 18.4 Å². The van der Waals surface area contributed by atoms with Crippen LogP contribution in [-0.4, -0.2) is 32.7 Å². The molecule has 0 spiro atoms. The summed E-state index contributed by atoms with van der Waals surface area (Å²) in [5.74, 6) is -0.971. The Balaban J connectivity index is 1.75. The molecule has 3 aromatic rings. The molecule has 3 rings (SSSR count). The van der Waals surface area contributed by atoms with E-state index >= 15 is 0 Å². The summed E-state index contributed by atoms with van der Waals surface area (Å²) >= 11 is 1.15. The molecule has 0 radical (unpaired) electrons. The number of esters is 1. The number of anilines is 1. The number of ether oxygens (including phenoxy) is 1. The highest BCUT2D eigenvalue weighted by Crippen LogP contribution is 2.36. The van der Waals surface area contributed by atoms with E-state index < -0.39 is 21.7 Å². The van der Waals surface area contributed by atoms with Gasteiger partial charge < -0.3 is 14.5 Å². The number of benzene rings is 1. The number of sulfone groups is 1. The number of rotatable bonds is 8. The van der Waals surface area contributed by atoms with Crippen LogP contribution in [0.3, 0.4) is 0 Å². The maximum absolute atomic E-state index is 12.5. The first kappa shape index (κ1) is 21.8. The fourth-order valence-corrected chi connectivity index (χ4v) is 4.94. The van der Waals surface area contributed by atoms with E-state index in [0.29, 0.717) is 11.3 Å². The number of thiophene rings is 1. The van der Waals surface area contributed by atoms with Crippen LogP contribution in [0, 0.1) is 6.92 Å². The lowest BCUT2D eigenvalue weighted by molar-refractivity contribution is -0.115. The first-order valence-corrected chi connectivity index (χ1v) is 11.8. The van der Waals surface area contributed by atoms with Gasteiger partial charge in [-0.3, -0.25) is 4.79 Å². The fraction of sp³-hybridized carbons (Fsp3) is 0.238. The van der Waals surface area contributed by atoms with Crippen LogP contribution >= 0.6 is 11.3 Å². The molecule has 7 nitrogen and oxygen atoms in total. The van der Waals surface area contributed by atoms with Crippen molar-refractivity contribution >= 4 is 38.1 Å². The van der Waals surface area contributed by atoms with Gasteiger partial charge in [-0.25, -0.2) is 13.2 Å². The van der Waals surface area contributed by atoms with Crippen molar-refractivity contribution in [3.8, 4) is 11.3 Å². The van der Waals surface area contributed by atoms with Crippen LogP contribution in [0.5, 0.6) is 0 Å². The Bertz CT molecular complexity index is 1130. The molecule has 0 fully saturated rings. The van der Waals surface area contributed by atoms with E-state index in [9.17, 15) is 18.0 Å². The van der Waals surface area contributed by atoms with Gasteiger partial charge in [-0.05, 0) is 38.1 Å². The maximum atomic E-state index is 12.5. The third kappa shape index (κ3) is 4.98. The molecule has 0 aliphatic rings. The number of hydrogen-bond acceptors (Lipinski definition) is 7. The molecular formula is C21H21NO6S2. The predicted molar refractivity (Wildman–Crippen MR) is 114 cm³/mol. The van der Waals surface area contributed by atoms with Gasteiger partial charge >= 0.3 is 5.97 Å². The molecule has 0 saturated heterocycles. The molecule has 0 aliphatic carbocycles. The smallest absolute Gasteiger partial charge is 0.341 e. The minimum Gasteiger partial charge on any atom is -0.464 e. The number of carbonyl (C=O) groups is 2. The summed E-state index contributed by atoms with van der Waals surface area (Å²) in [5, 5.41) is 4.61. The summed E-state index contributed by atoms with van der Waals surface area (Å²) in [6.07, 6.45) is 1.24. The molecule has 2 heterocycles. The second-order valence-electron chi connectivity index (χ2n) is 6.48. The lowest BCUT2D eigenvalue weighted by Gasteiger charge is -2.08. The molecule has 1 N–H and O–H groups in total. The Morgan fingerprint density at radius 1 is 1.17 bits per heavy atom. The van der Waals surface area contributed by atoms with E-state index in [1.54, 1.807) is 36.6 Å². The molecule has 0 aliphatic heterocycles. The number of aryl methyl sites for hydroxylation is 1. The summed E-state index contributed by atoms with van der Waals surface area (Å²) < 4.78 is 35.4. The zero-order chi connectivity index (χ0) is 21.7. The number of carbonyl (C=O) groups excluding carboxylic acids is 2. The number of nitrogens with one attached hydrogen (secondary N) is 1. The minimum absolute atomic E-state index is 0.171. The van der Waals surface area contributed by atoms with Crippen LogP contribution in [0.1, 0.15) is 29.3 Å². The van der Waals surface area contributed by atoms with Crippen LogP contribution in [0.25, 0.3) is 11.3 Å². The maximum Gasteiger partial charge on any atom is 0.341 e. The molecule has 2 aromatic heterocycles. The molecule has 158 valence electrons. The Labute approximate surface area is 178 Å². The average molecular weight is 448 g/mol. The predicted octanol–water partition coefficient (Wildman–Crippen LogP) is 4.30. The Morgan fingerprint density at radius 2 is 1.90 bits per heavy atom. The van der Waals surface area contributed by atoms with Gasteiger partial charge in [0, 0.05) is 17.4 Å². The van der Waals surface area contributed by atoms with Crippen LogP contribution in [-0.2, 0) is 19.4 Å². The SMILES string of the molecule is CCOC(=O)c1c(-c2ccco2)csc1NC(=O)CCS(=O)(=O)c1ccc(C)cc1. The molecule has 0 saturated carbocycles. The highest BCUT2D eigenvalue weighted by atomic mass is 32.2. The fourth-order valence-electron chi connectivity index (χ4n) is 2.75. The summed E-state index contributed by atoms with van der Waals surface area (Å²) in [6, 6.07) is 9.86. The van der Waals surface area contributed by atoms with Crippen LogP contribution in [0.4, 0.5) is 5.00 Å². The second kappa shape index (κ2) is 9.27. The van der Waals surface area contributed by atoms with Crippen molar-refractivity contribution in [3.63, 3.8) is 0 Å². The summed E-state index contributed by atoms with van der Waals surface area (Å²) in [4.78, 5) is 25.0. The van der Waals surface area contributed by atoms with Gasteiger partial charge in [0.2, 0.25) is 5.91 Å². The Morgan fingerprint density at radius 3 is 2.53 bits per heavy atom. The van der Waals surface area contributed by atoms with Crippen molar-refractivity contribution < 1.29 is 27.2 Å². The van der Waals surface area contributed by atoms with Gasteiger partial charge in [-0.2, -0.15) is 0 Å². The first-order valence-electron chi connectivity index (χ1n) is 9.23. The zero-order valence-electron chi connectivity index (χ0n) is 16.5. The van der Waals surface area contributed by atoms with E-state index in [4.69, 9.17) is 9.15 Å². The van der Waals surface area contributed by atoms with Gasteiger partial charge in [0.1, 0.15) is 16.3 Å². The van der Waals surface area contributed by atoms with Crippen molar-refractivity contribution in [1.82, 2.24) is 0 Å². The highest BCUT2D eigenvalue weighted by molar-refractivity contribution is 7.91. The second-order valence-corrected chi connectivity index (χ2v) is 9.47. The number of hydrogen-bond donors (Lipinski definition) is 1. The average Bonchev–Trinajstić information content (AvgIpc) is 3.37.